The highest BCUT2D eigenvalue weighted by atomic mass is 16.5. The molecule has 1 aliphatic heterocycles. The van der Waals surface area contributed by atoms with E-state index in [0.29, 0.717) is 6.10 Å². The highest BCUT2D eigenvalue weighted by Crippen LogP contribution is 2.27. The van der Waals surface area contributed by atoms with Crippen molar-refractivity contribution in [2.75, 3.05) is 6.54 Å². The van der Waals surface area contributed by atoms with E-state index in [4.69, 9.17) is 9.72 Å². The van der Waals surface area contributed by atoms with E-state index in [1.54, 1.807) is 6.20 Å². The molecule has 2 aliphatic rings. The number of nitrogens with zero attached hydrogens (tertiary/aromatic N) is 5. The first-order valence-electron chi connectivity index (χ1n) is 10.4. The quantitative estimate of drug-likeness (QED) is 0.663. The number of hydrogen-bond donors (Lipinski definition) is 0. The molecule has 0 unspecified atom stereocenters. The van der Waals surface area contributed by atoms with Gasteiger partial charge in [-0.1, -0.05) is 6.07 Å². The molecular weight excluding hydrogens is 362 g/mol. The van der Waals surface area contributed by atoms with Crippen LogP contribution < -0.4 is 4.74 Å². The fourth-order valence-electron chi connectivity index (χ4n) is 4.20. The minimum Gasteiger partial charge on any atom is -0.474 e. The van der Waals surface area contributed by atoms with Gasteiger partial charge in [0.2, 0.25) is 5.88 Å². The lowest BCUT2D eigenvalue weighted by Crippen LogP contribution is -2.31. The Morgan fingerprint density at radius 3 is 2.79 bits per heavy atom. The van der Waals surface area contributed by atoms with E-state index in [1.165, 1.54) is 18.4 Å². The second-order valence-electron chi connectivity index (χ2n) is 7.86. The summed E-state index contributed by atoms with van der Waals surface area (Å²) >= 11 is 0. The van der Waals surface area contributed by atoms with Gasteiger partial charge in [-0.25, -0.2) is 15.0 Å². The smallest absolute Gasteiger partial charge is 0.218 e. The Bertz CT molecular complexity index is 972. The third-order valence-electron chi connectivity index (χ3n) is 5.76. The van der Waals surface area contributed by atoms with Crippen LogP contribution in [0.2, 0.25) is 0 Å². The molecule has 6 heteroatoms. The van der Waals surface area contributed by atoms with Crippen LogP contribution in [0.1, 0.15) is 42.5 Å². The van der Waals surface area contributed by atoms with E-state index in [1.807, 2.05) is 36.8 Å². The molecule has 0 bridgehead atoms. The molecule has 1 aliphatic carbocycles. The fourth-order valence-corrected chi connectivity index (χ4v) is 4.20. The summed E-state index contributed by atoms with van der Waals surface area (Å²) < 4.78 is 6.21. The molecule has 1 saturated carbocycles. The molecular formula is C23H25N5O. The number of pyridine rings is 2. The highest BCUT2D eigenvalue weighted by Gasteiger charge is 2.22. The van der Waals surface area contributed by atoms with Crippen molar-refractivity contribution >= 4 is 0 Å². The minimum atomic E-state index is 0.324. The number of rotatable bonds is 5. The number of hydrogen-bond acceptors (Lipinski definition) is 6. The van der Waals surface area contributed by atoms with Gasteiger partial charge in [0.25, 0.3) is 0 Å². The van der Waals surface area contributed by atoms with Crippen molar-refractivity contribution in [3.05, 3.63) is 65.9 Å². The standard InChI is InChI=1S/C23H25N5O/c1-2-8-20(7-1)29-23-18(6-4-11-25-23)15-28-12-9-21-19(16-28)14-26-22(27-21)17-5-3-10-24-13-17/h3-6,10-11,13-14,20H,1-2,7-9,12,15-16H2. The summed E-state index contributed by atoms with van der Waals surface area (Å²) in [7, 11) is 0. The van der Waals surface area contributed by atoms with E-state index in [-0.39, 0.29) is 0 Å². The van der Waals surface area contributed by atoms with Gasteiger partial charge in [0, 0.05) is 67.5 Å². The average Bonchev–Trinajstić information content (AvgIpc) is 3.28. The third kappa shape index (κ3) is 4.12. The van der Waals surface area contributed by atoms with E-state index >= 15 is 0 Å². The van der Waals surface area contributed by atoms with Gasteiger partial charge < -0.3 is 4.74 Å². The zero-order valence-corrected chi connectivity index (χ0v) is 16.5. The van der Waals surface area contributed by atoms with Crippen molar-refractivity contribution in [3.8, 4) is 17.3 Å². The second-order valence-corrected chi connectivity index (χ2v) is 7.86. The van der Waals surface area contributed by atoms with Crippen LogP contribution in [-0.4, -0.2) is 37.5 Å². The fraction of sp³-hybridized carbons (Fsp3) is 0.391. The normalized spacial score (nSPS) is 17.2. The molecule has 1 fully saturated rings. The van der Waals surface area contributed by atoms with Gasteiger partial charge in [0.05, 0.1) is 5.69 Å². The summed E-state index contributed by atoms with van der Waals surface area (Å²) in [6.45, 7) is 2.65. The zero-order chi connectivity index (χ0) is 19.5. The lowest BCUT2D eigenvalue weighted by atomic mass is 10.1. The van der Waals surface area contributed by atoms with Gasteiger partial charge in [-0.15, -0.1) is 0 Å². The van der Waals surface area contributed by atoms with Gasteiger partial charge in [-0.05, 0) is 43.9 Å². The molecule has 3 aromatic heterocycles. The van der Waals surface area contributed by atoms with E-state index in [0.717, 1.165) is 67.4 Å². The maximum atomic E-state index is 6.21. The number of ether oxygens (including phenoxy) is 1. The van der Waals surface area contributed by atoms with Crippen LogP contribution in [0.3, 0.4) is 0 Å². The van der Waals surface area contributed by atoms with Crippen molar-refractivity contribution in [3.63, 3.8) is 0 Å². The Morgan fingerprint density at radius 2 is 1.93 bits per heavy atom. The molecule has 0 spiro atoms. The Balaban J connectivity index is 1.29. The summed E-state index contributed by atoms with van der Waals surface area (Å²) in [6, 6.07) is 8.05. The lowest BCUT2D eigenvalue weighted by Gasteiger charge is -2.28. The van der Waals surface area contributed by atoms with Crippen molar-refractivity contribution in [2.45, 2.75) is 51.3 Å². The molecule has 29 heavy (non-hydrogen) atoms. The predicted molar refractivity (Wildman–Crippen MR) is 110 cm³/mol. The molecule has 0 atom stereocenters. The van der Waals surface area contributed by atoms with E-state index in [2.05, 4.69) is 25.9 Å². The Hall–Kier alpha value is -2.86. The zero-order valence-electron chi connectivity index (χ0n) is 16.5. The molecule has 0 aromatic carbocycles. The summed E-state index contributed by atoms with van der Waals surface area (Å²) in [5.41, 5.74) is 4.47. The molecule has 3 aromatic rings. The van der Waals surface area contributed by atoms with Crippen LogP contribution in [-0.2, 0) is 19.5 Å². The summed E-state index contributed by atoms with van der Waals surface area (Å²) in [5.74, 6) is 1.55. The topological polar surface area (TPSA) is 64.0 Å². The van der Waals surface area contributed by atoms with Crippen molar-refractivity contribution in [2.24, 2.45) is 0 Å². The molecule has 4 heterocycles. The van der Waals surface area contributed by atoms with Crippen LogP contribution in [0, 0.1) is 0 Å². The maximum Gasteiger partial charge on any atom is 0.218 e. The van der Waals surface area contributed by atoms with Crippen LogP contribution in [0.4, 0.5) is 0 Å². The number of aromatic nitrogens is 4. The first kappa shape index (κ1) is 18.2. The summed E-state index contributed by atoms with van der Waals surface area (Å²) in [6.07, 6.45) is 13.4. The van der Waals surface area contributed by atoms with Crippen molar-refractivity contribution in [1.29, 1.82) is 0 Å². The average molecular weight is 387 g/mol. The third-order valence-corrected chi connectivity index (χ3v) is 5.76. The Labute approximate surface area is 171 Å². The molecule has 6 nitrogen and oxygen atoms in total. The first-order chi connectivity index (χ1) is 14.3. The van der Waals surface area contributed by atoms with Crippen LogP contribution in [0.15, 0.2) is 49.1 Å². The monoisotopic (exact) mass is 387 g/mol. The van der Waals surface area contributed by atoms with Gasteiger partial charge in [-0.3, -0.25) is 9.88 Å². The number of fused-ring (bicyclic) bond motifs is 1. The first-order valence-corrected chi connectivity index (χ1v) is 10.4. The van der Waals surface area contributed by atoms with Gasteiger partial charge in [-0.2, -0.15) is 0 Å². The van der Waals surface area contributed by atoms with Crippen molar-refractivity contribution in [1.82, 2.24) is 24.8 Å². The largest absolute Gasteiger partial charge is 0.474 e. The molecule has 0 N–H and O–H groups in total. The molecule has 0 saturated heterocycles. The lowest BCUT2D eigenvalue weighted by molar-refractivity contribution is 0.190. The van der Waals surface area contributed by atoms with Crippen LogP contribution >= 0.6 is 0 Å². The maximum absolute atomic E-state index is 6.21. The molecule has 0 amide bonds. The van der Waals surface area contributed by atoms with Crippen molar-refractivity contribution < 1.29 is 4.74 Å². The summed E-state index contributed by atoms with van der Waals surface area (Å²) in [5, 5.41) is 0. The molecule has 148 valence electrons. The second kappa shape index (κ2) is 8.25. The molecule has 5 rings (SSSR count). The van der Waals surface area contributed by atoms with Crippen LogP contribution in [0.5, 0.6) is 5.88 Å². The molecule has 0 radical (unpaired) electrons. The van der Waals surface area contributed by atoms with E-state index < -0.39 is 0 Å². The van der Waals surface area contributed by atoms with Gasteiger partial charge >= 0.3 is 0 Å². The Kier molecular flexibility index (Phi) is 5.17. The predicted octanol–water partition coefficient (Wildman–Crippen LogP) is 3.81. The van der Waals surface area contributed by atoms with E-state index in [9.17, 15) is 0 Å². The minimum absolute atomic E-state index is 0.324. The summed E-state index contributed by atoms with van der Waals surface area (Å²) in [4.78, 5) is 20.5. The van der Waals surface area contributed by atoms with Gasteiger partial charge in [0.1, 0.15) is 6.10 Å². The van der Waals surface area contributed by atoms with Gasteiger partial charge in [0.15, 0.2) is 5.82 Å². The Morgan fingerprint density at radius 1 is 1.03 bits per heavy atom. The SMILES string of the molecule is c1cncc(-c2ncc3c(n2)CCN(Cc2cccnc2OC2CCCC2)C3)c1. The van der Waals surface area contributed by atoms with Crippen LogP contribution in [0.25, 0.3) is 11.4 Å². The highest BCUT2D eigenvalue weighted by molar-refractivity contribution is 5.53.